The molecule has 1 spiro atoms. The number of aromatic nitrogens is 3. The monoisotopic (exact) mass is 729 g/mol. The van der Waals surface area contributed by atoms with Gasteiger partial charge in [0.15, 0.2) is 40.5 Å². The Kier molecular flexibility index (Phi) is 6.78. The van der Waals surface area contributed by atoms with Crippen molar-refractivity contribution in [3.05, 3.63) is 210 Å². The molecule has 0 bridgehead atoms. The van der Waals surface area contributed by atoms with E-state index in [2.05, 4.69) is 103 Å². The summed E-state index contributed by atoms with van der Waals surface area (Å²) < 4.78 is 13.0. The Labute approximate surface area is 329 Å². The maximum absolute atomic E-state index is 6.56. The van der Waals surface area contributed by atoms with E-state index in [0.717, 1.165) is 44.9 Å². The second-order valence-electron chi connectivity index (χ2n) is 14.7. The summed E-state index contributed by atoms with van der Waals surface area (Å²) >= 11 is 0. The smallest absolute Gasteiger partial charge is 0.170 e. The molecule has 0 amide bonds. The highest BCUT2D eigenvalue weighted by Gasteiger charge is 2.52. The summed E-state index contributed by atoms with van der Waals surface area (Å²) in [5.74, 6) is 4.77. The molecule has 57 heavy (non-hydrogen) atoms. The van der Waals surface area contributed by atoms with Crippen molar-refractivity contribution >= 4 is 0 Å². The molecule has 1 aliphatic heterocycles. The van der Waals surface area contributed by atoms with E-state index in [0.29, 0.717) is 29.0 Å². The molecule has 5 nitrogen and oxygen atoms in total. The van der Waals surface area contributed by atoms with Crippen LogP contribution >= 0.6 is 0 Å². The van der Waals surface area contributed by atoms with Crippen LogP contribution in [0.5, 0.6) is 23.0 Å². The van der Waals surface area contributed by atoms with Crippen LogP contribution in [-0.4, -0.2) is 15.0 Å². The largest absolute Gasteiger partial charge is 0.450 e. The van der Waals surface area contributed by atoms with E-state index >= 15 is 0 Å². The zero-order chi connectivity index (χ0) is 37.5. The van der Waals surface area contributed by atoms with Gasteiger partial charge >= 0.3 is 0 Å². The van der Waals surface area contributed by atoms with Crippen LogP contribution in [-0.2, 0) is 5.41 Å². The number of hydrogen-bond donors (Lipinski definition) is 0. The zero-order valence-corrected chi connectivity index (χ0v) is 30.6. The maximum Gasteiger partial charge on any atom is 0.170 e. The molecule has 0 N–H and O–H groups in total. The summed E-state index contributed by atoms with van der Waals surface area (Å²) in [6.45, 7) is 0. The molecule has 0 fully saturated rings. The number of para-hydroxylation sites is 2. The highest BCUT2D eigenvalue weighted by molar-refractivity contribution is 5.97. The van der Waals surface area contributed by atoms with E-state index in [-0.39, 0.29) is 0 Å². The summed E-state index contributed by atoms with van der Waals surface area (Å²) in [6, 6.07) is 65.6. The predicted molar refractivity (Wildman–Crippen MR) is 224 cm³/mol. The van der Waals surface area contributed by atoms with Crippen molar-refractivity contribution in [2.24, 2.45) is 0 Å². The predicted octanol–water partition coefficient (Wildman–Crippen LogP) is 12.8. The lowest BCUT2D eigenvalue weighted by molar-refractivity contribution is 0.359. The fraction of sp³-hybridized carbons (Fsp3) is 0.0192. The van der Waals surface area contributed by atoms with Gasteiger partial charge < -0.3 is 9.47 Å². The van der Waals surface area contributed by atoms with E-state index in [1.54, 1.807) is 0 Å². The second-order valence-corrected chi connectivity index (χ2v) is 14.7. The third kappa shape index (κ3) is 4.72. The summed E-state index contributed by atoms with van der Waals surface area (Å²) in [7, 11) is 0. The van der Waals surface area contributed by atoms with Crippen LogP contribution in [0.25, 0.3) is 67.5 Å². The number of hydrogen-bond acceptors (Lipinski definition) is 5. The van der Waals surface area contributed by atoms with Crippen molar-refractivity contribution < 1.29 is 9.47 Å². The molecule has 0 atom stereocenters. The fourth-order valence-electron chi connectivity index (χ4n) is 9.11. The van der Waals surface area contributed by atoms with E-state index in [1.807, 2.05) is 84.9 Å². The molecule has 9 aromatic rings. The lowest BCUT2D eigenvalue weighted by Gasteiger charge is -2.31. The topological polar surface area (TPSA) is 57.1 Å². The van der Waals surface area contributed by atoms with Crippen LogP contribution < -0.4 is 9.47 Å². The quantitative estimate of drug-likeness (QED) is 0.180. The molecule has 1 aromatic heterocycles. The molecule has 266 valence electrons. The Bertz CT molecular complexity index is 2980. The first-order valence-corrected chi connectivity index (χ1v) is 19.2. The molecule has 0 saturated carbocycles. The minimum absolute atomic E-state index is 0.565. The second kappa shape index (κ2) is 12.2. The summed E-state index contributed by atoms with van der Waals surface area (Å²) in [5.41, 5.74) is 14.2. The Morgan fingerprint density at radius 3 is 1.37 bits per heavy atom. The number of ether oxygens (including phenoxy) is 2. The van der Waals surface area contributed by atoms with Gasteiger partial charge in [-0.05, 0) is 92.0 Å². The Morgan fingerprint density at radius 2 is 0.737 bits per heavy atom. The van der Waals surface area contributed by atoms with Crippen molar-refractivity contribution in [1.82, 2.24) is 15.0 Å². The van der Waals surface area contributed by atoms with Gasteiger partial charge in [0, 0.05) is 16.7 Å². The molecule has 8 aromatic carbocycles. The minimum atomic E-state index is -0.565. The van der Waals surface area contributed by atoms with Crippen LogP contribution in [0.1, 0.15) is 22.3 Å². The van der Waals surface area contributed by atoms with Gasteiger partial charge in [-0.3, -0.25) is 0 Å². The number of benzene rings is 8. The standard InChI is InChI=1S/C52H31N3O2/c1-3-14-32(15-4-1)49-53-50(33-16-5-2-6-17-33)55-51(54-49)36-19-13-18-34(28-36)35-26-27-39-40-30-47-48(57-46-25-12-11-24-45(46)56-47)31-44(40)52(43(39)29-35)41-22-9-7-20-37(41)38-21-8-10-23-42(38)52/h1-31H. The lowest BCUT2D eigenvalue weighted by atomic mass is 9.70. The van der Waals surface area contributed by atoms with Crippen LogP contribution in [0.2, 0.25) is 0 Å². The first kappa shape index (κ1) is 31.7. The molecule has 12 rings (SSSR count). The van der Waals surface area contributed by atoms with Crippen LogP contribution in [0, 0.1) is 0 Å². The Balaban J connectivity index is 1.05. The highest BCUT2D eigenvalue weighted by atomic mass is 16.6. The molecular weight excluding hydrogens is 699 g/mol. The highest BCUT2D eigenvalue weighted by Crippen LogP contribution is 2.65. The SMILES string of the molecule is c1ccc(-c2nc(-c3ccccc3)nc(-c3cccc(-c4ccc5c(c4)C4(c6ccccc6-c6ccccc64)c4cc6c(cc4-5)Oc4ccccc4O6)c3)n2)cc1. The van der Waals surface area contributed by atoms with Gasteiger partial charge in [-0.1, -0.05) is 152 Å². The summed E-state index contributed by atoms with van der Waals surface area (Å²) in [5, 5.41) is 0. The Hall–Kier alpha value is -7.63. The van der Waals surface area contributed by atoms with Crippen LogP contribution in [0.15, 0.2) is 188 Å². The number of nitrogens with zero attached hydrogens (tertiary/aromatic N) is 3. The molecule has 0 unspecified atom stereocenters. The third-order valence-electron chi connectivity index (χ3n) is 11.6. The van der Waals surface area contributed by atoms with E-state index in [4.69, 9.17) is 24.4 Å². The first-order valence-electron chi connectivity index (χ1n) is 19.2. The molecular formula is C52H31N3O2. The van der Waals surface area contributed by atoms with Crippen molar-refractivity contribution in [2.75, 3.05) is 0 Å². The van der Waals surface area contributed by atoms with Gasteiger partial charge in [0.2, 0.25) is 0 Å². The molecule has 3 aliphatic rings. The normalized spacial score (nSPS) is 13.3. The van der Waals surface area contributed by atoms with Crippen molar-refractivity contribution in [1.29, 1.82) is 0 Å². The van der Waals surface area contributed by atoms with Crippen molar-refractivity contribution in [2.45, 2.75) is 5.41 Å². The molecule has 5 heteroatoms. The molecule has 0 saturated heterocycles. The number of rotatable bonds is 4. The summed E-state index contributed by atoms with van der Waals surface area (Å²) in [4.78, 5) is 15.0. The van der Waals surface area contributed by atoms with E-state index in [9.17, 15) is 0 Å². The van der Waals surface area contributed by atoms with Crippen molar-refractivity contribution in [3.8, 4) is 90.5 Å². The van der Waals surface area contributed by atoms with Gasteiger partial charge in [-0.2, -0.15) is 0 Å². The van der Waals surface area contributed by atoms with Gasteiger partial charge in [0.1, 0.15) is 0 Å². The molecule has 2 heterocycles. The van der Waals surface area contributed by atoms with Gasteiger partial charge in [-0.25, -0.2) is 15.0 Å². The Morgan fingerprint density at radius 1 is 0.281 bits per heavy atom. The zero-order valence-electron chi connectivity index (χ0n) is 30.6. The van der Waals surface area contributed by atoms with E-state index in [1.165, 1.54) is 38.9 Å². The fourth-order valence-corrected chi connectivity index (χ4v) is 9.11. The third-order valence-corrected chi connectivity index (χ3v) is 11.6. The first-order chi connectivity index (χ1) is 28.2. The lowest BCUT2D eigenvalue weighted by Crippen LogP contribution is -2.26. The average Bonchev–Trinajstić information content (AvgIpc) is 3.74. The van der Waals surface area contributed by atoms with E-state index < -0.39 is 5.41 Å². The van der Waals surface area contributed by atoms with Crippen molar-refractivity contribution in [3.63, 3.8) is 0 Å². The van der Waals surface area contributed by atoms with Gasteiger partial charge in [-0.15, -0.1) is 0 Å². The average molecular weight is 730 g/mol. The maximum atomic E-state index is 6.56. The number of fused-ring (bicyclic) bond motifs is 12. The van der Waals surface area contributed by atoms with Gasteiger partial charge in [0.05, 0.1) is 5.41 Å². The van der Waals surface area contributed by atoms with Gasteiger partial charge in [0.25, 0.3) is 0 Å². The minimum Gasteiger partial charge on any atom is -0.450 e. The molecule has 2 aliphatic carbocycles. The summed E-state index contributed by atoms with van der Waals surface area (Å²) in [6.07, 6.45) is 0. The van der Waals surface area contributed by atoms with Crippen LogP contribution in [0.4, 0.5) is 0 Å². The van der Waals surface area contributed by atoms with Crippen LogP contribution in [0.3, 0.4) is 0 Å². The molecule has 0 radical (unpaired) electrons.